The molecule has 5 aliphatic heterocycles. The van der Waals surface area contributed by atoms with Crippen molar-refractivity contribution in [3.05, 3.63) is 82.7 Å². The number of aromatic nitrogens is 5. The van der Waals surface area contributed by atoms with Gasteiger partial charge in [-0.2, -0.15) is 5.10 Å². The molecule has 0 bridgehead atoms. The van der Waals surface area contributed by atoms with Gasteiger partial charge < -0.3 is 30.1 Å². The van der Waals surface area contributed by atoms with Crippen molar-refractivity contribution in [1.29, 1.82) is 0 Å². The molecule has 0 radical (unpaired) electrons. The molecule has 0 spiro atoms. The molecule has 0 aliphatic carbocycles. The topological polar surface area (TPSA) is 166 Å². The van der Waals surface area contributed by atoms with Crippen molar-refractivity contribution in [3.8, 4) is 5.88 Å². The van der Waals surface area contributed by atoms with Gasteiger partial charge in [-0.05, 0) is 61.2 Å². The molecule has 60 heavy (non-hydrogen) atoms. The summed E-state index contributed by atoms with van der Waals surface area (Å²) in [6, 6.07) is 11.4. The summed E-state index contributed by atoms with van der Waals surface area (Å²) in [7, 11) is 1.88. The molecular weight excluding hydrogens is 768 g/mol. The fourth-order valence-corrected chi connectivity index (χ4v) is 9.19. The predicted molar refractivity (Wildman–Crippen MR) is 223 cm³/mol. The minimum absolute atomic E-state index is 0.00510. The number of fused-ring (bicyclic) bond motifs is 3. The highest BCUT2D eigenvalue weighted by Gasteiger charge is 2.36. The van der Waals surface area contributed by atoms with Crippen molar-refractivity contribution in [3.63, 3.8) is 0 Å². The smallest absolute Gasteiger partial charge is 0.237 e. The zero-order valence-electron chi connectivity index (χ0n) is 33.7. The number of hydrogen-bond donors (Lipinski definition) is 3. The zero-order chi connectivity index (χ0) is 41.1. The summed E-state index contributed by atoms with van der Waals surface area (Å²) in [5.41, 5.74) is 8.68. The summed E-state index contributed by atoms with van der Waals surface area (Å²) in [4.78, 5) is 60.3. The van der Waals surface area contributed by atoms with E-state index < -0.39 is 11.7 Å². The first kappa shape index (κ1) is 37.9. The van der Waals surface area contributed by atoms with Crippen molar-refractivity contribution < 1.29 is 23.5 Å². The van der Waals surface area contributed by atoms with E-state index in [0.717, 1.165) is 90.5 Å². The van der Waals surface area contributed by atoms with Crippen LogP contribution in [0.3, 0.4) is 0 Å². The number of anilines is 5. The lowest BCUT2D eigenvalue weighted by Crippen LogP contribution is -2.63. The molecule has 1 atom stereocenters. The highest BCUT2D eigenvalue weighted by Crippen LogP contribution is 2.37. The van der Waals surface area contributed by atoms with Gasteiger partial charge in [0.15, 0.2) is 0 Å². The largest absolute Gasteiger partial charge is 0.474 e. The van der Waals surface area contributed by atoms with Gasteiger partial charge in [-0.1, -0.05) is 6.07 Å². The van der Waals surface area contributed by atoms with Crippen LogP contribution in [-0.4, -0.2) is 117 Å². The molecule has 5 aromatic rings. The summed E-state index contributed by atoms with van der Waals surface area (Å²) < 4.78 is 23.0. The third-order valence-electron chi connectivity index (χ3n) is 12.7. The molecule has 17 heteroatoms. The van der Waals surface area contributed by atoms with E-state index in [1.807, 2.05) is 35.1 Å². The summed E-state index contributed by atoms with van der Waals surface area (Å²) in [5.74, 6) is -0.463. The Labute approximate surface area is 346 Å². The second-order valence-electron chi connectivity index (χ2n) is 16.4. The van der Waals surface area contributed by atoms with E-state index in [9.17, 15) is 14.4 Å². The quantitative estimate of drug-likeness (QED) is 0.196. The van der Waals surface area contributed by atoms with Gasteiger partial charge in [0.1, 0.15) is 18.1 Å². The lowest BCUT2D eigenvalue weighted by Gasteiger charge is -2.49. The number of hydrogen-bond acceptors (Lipinski definition) is 13. The van der Waals surface area contributed by atoms with Crippen LogP contribution in [0.5, 0.6) is 5.88 Å². The molecular formula is C43H47FN12O4. The van der Waals surface area contributed by atoms with Gasteiger partial charge in [-0.25, -0.2) is 19.3 Å². The Hall–Kier alpha value is -6.36. The van der Waals surface area contributed by atoms with Crippen molar-refractivity contribution in [1.82, 2.24) is 39.8 Å². The first-order chi connectivity index (χ1) is 29.1. The van der Waals surface area contributed by atoms with E-state index in [1.165, 1.54) is 6.07 Å². The highest BCUT2D eigenvalue weighted by molar-refractivity contribution is 6.02. The van der Waals surface area contributed by atoms with E-state index in [0.29, 0.717) is 73.9 Å². The van der Waals surface area contributed by atoms with Gasteiger partial charge in [0.25, 0.3) is 0 Å². The Kier molecular flexibility index (Phi) is 9.69. The lowest BCUT2D eigenvalue weighted by molar-refractivity contribution is -0.134. The van der Waals surface area contributed by atoms with Crippen LogP contribution < -0.4 is 30.5 Å². The number of piperazine rings is 1. The third kappa shape index (κ3) is 7.09. The van der Waals surface area contributed by atoms with Gasteiger partial charge in [0.05, 0.1) is 47.7 Å². The molecule has 3 N–H and O–H groups in total. The SMILES string of the molecule is Cc1c(N2CCc3cnc(Nc4ccc(CC(=O)N5CCN(C6CN(c7ccc8c(C9CCC(=O)NC9=O)nn(C)c8c7)C6)CC5)c(F)c4)nc3C2)cnc2c1NCCO2. The molecule has 8 heterocycles. The Bertz CT molecular complexity index is 2530. The number of nitrogens with one attached hydrogen (secondary N) is 3. The number of benzene rings is 2. The van der Waals surface area contributed by atoms with E-state index in [-0.39, 0.29) is 24.1 Å². The normalized spacial score (nSPS) is 19.6. The maximum Gasteiger partial charge on any atom is 0.237 e. The minimum atomic E-state index is -0.449. The molecule has 3 saturated heterocycles. The number of pyridine rings is 1. The van der Waals surface area contributed by atoms with Crippen molar-refractivity contribution in [2.45, 2.75) is 51.1 Å². The van der Waals surface area contributed by atoms with Gasteiger partial charge in [-0.3, -0.25) is 29.3 Å². The number of carbonyl (C=O) groups is 3. The molecule has 310 valence electrons. The van der Waals surface area contributed by atoms with E-state index in [2.05, 4.69) is 64.8 Å². The van der Waals surface area contributed by atoms with Crippen LogP contribution in [0.2, 0.25) is 0 Å². The van der Waals surface area contributed by atoms with E-state index >= 15 is 4.39 Å². The van der Waals surface area contributed by atoms with E-state index in [1.54, 1.807) is 12.1 Å². The molecule has 3 amide bonds. The maximum absolute atomic E-state index is 15.4. The molecule has 10 rings (SSSR count). The second kappa shape index (κ2) is 15.3. The Morgan fingerprint density at radius 2 is 1.85 bits per heavy atom. The number of piperidine rings is 1. The van der Waals surface area contributed by atoms with Crippen molar-refractivity contribution in [2.24, 2.45) is 7.05 Å². The zero-order valence-corrected chi connectivity index (χ0v) is 33.7. The summed E-state index contributed by atoms with van der Waals surface area (Å²) in [6.45, 7) is 9.31. The lowest BCUT2D eigenvalue weighted by atomic mass is 9.92. The van der Waals surface area contributed by atoms with E-state index in [4.69, 9.17) is 9.72 Å². The Balaban J connectivity index is 0.709. The maximum atomic E-state index is 15.4. The van der Waals surface area contributed by atoms with Gasteiger partial charge >= 0.3 is 0 Å². The number of amides is 3. The monoisotopic (exact) mass is 814 g/mol. The first-order valence-corrected chi connectivity index (χ1v) is 20.7. The average Bonchev–Trinajstić information content (AvgIpc) is 3.56. The second-order valence-corrected chi connectivity index (χ2v) is 16.4. The van der Waals surface area contributed by atoms with Crippen molar-refractivity contribution >= 4 is 57.3 Å². The molecule has 3 fully saturated rings. The van der Waals surface area contributed by atoms with Gasteiger partial charge in [-0.15, -0.1) is 0 Å². The van der Waals surface area contributed by atoms with Crippen LogP contribution in [0.4, 0.5) is 33.1 Å². The Morgan fingerprint density at radius 1 is 1.00 bits per heavy atom. The number of ether oxygens (including phenoxy) is 1. The number of nitrogens with zero attached hydrogens (tertiary/aromatic N) is 9. The van der Waals surface area contributed by atoms with Crippen molar-refractivity contribution in [2.75, 3.05) is 79.4 Å². The fraction of sp³-hybridized carbons (Fsp3) is 0.419. The number of aryl methyl sites for hydroxylation is 1. The van der Waals surface area contributed by atoms with Crippen LogP contribution >= 0.6 is 0 Å². The first-order valence-electron chi connectivity index (χ1n) is 20.7. The molecule has 1 unspecified atom stereocenters. The third-order valence-corrected chi connectivity index (χ3v) is 12.7. The molecule has 5 aliphatic rings. The number of rotatable bonds is 8. The molecule has 16 nitrogen and oxygen atoms in total. The van der Waals surface area contributed by atoms with Crippen LogP contribution in [0.15, 0.2) is 48.8 Å². The van der Waals surface area contributed by atoms with Gasteiger partial charge in [0, 0.05) is 100 Å². The fourth-order valence-electron chi connectivity index (χ4n) is 9.19. The number of imide groups is 1. The van der Waals surface area contributed by atoms with Crippen LogP contribution in [0.1, 0.15) is 46.8 Å². The van der Waals surface area contributed by atoms with Crippen LogP contribution in [0, 0.1) is 12.7 Å². The highest BCUT2D eigenvalue weighted by atomic mass is 19.1. The number of carbonyl (C=O) groups excluding carboxylic acids is 3. The van der Waals surface area contributed by atoms with Crippen LogP contribution in [0.25, 0.3) is 10.9 Å². The summed E-state index contributed by atoms with van der Waals surface area (Å²) in [5, 5.41) is 14.6. The van der Waals surface area contributed by atoms with Crippen LogP contribution in [-0.2, 0) is 40.8 Å². The summed E-state index contributed by atoms with van der Waals surface area (Å²) >= 11 is 0. The standard InChI is InChI=1S/C43H47FN12O4/c1-25-36(21-46-42-39(25)45-10-16-60-42)55-11-9-27-20-47-43(49-34(27)24-55)48-28-4-3-26(33(44)18-28)17-38(58)54-14-12-53(13-15-54)30-22-56(23-30)29-5-6-31-35(19-29)52(2)51-40(31)32-7-8-37(57)50-41(32)59/h3-6,18-21,30,32,45H,7-17,22-24H2,1-2H3,(H,47,48,49)(H,50,57,59). The molecule has 3 aromatic heterocycles. The minimum Gasteiger partial charge on any atom is -0.474 e. The predicted octanol–water partition coefficient (Wildman–Crippen LogP) is 3.41. The summed E-state index contributed by atoms with van der Waals surface area (Å²) in [6.07, 6.45) is 5.27. The Morgan fingerprint density at radius 3 is 2.67 bits per heavy atom. The van der Waals surface area contributed by atoms with Gasteiger partial charge in [0.2, 0.25) is 29.5 Å². The number of halogens is 1. The average molecular weight is 815 g/mol. The molecule has 0 saturated carbocycles. The molecule has 2 aromatic carbocycles.